The van der Waals surface area contributed by atoms with E-state index in [2.05, 4.69) is 5.32 Å². The minimum Gasteiger partial charge on any atom is -0.452 e. The fourth-order valence-electron chi connectivity index (χ4n) is 2.17. The molecule has 0 aliphatic carbocycles. The summed E-state index contributed by atoms with van der Waals surface area (Å²) in [7, 11) is -1.16. The average molecular weight is 476 g/mol. The first kappa shape index (κ1) is 23.5. The third-order valence-corrected chi connectivity index (χ3v) is 6.16. The summed E-state index contributed by atoms with van der Waals surface area (Å²) < 4.78 is 30.2. The Hall–Kier alpha value is -2.73. The number of anilines is 1. The van der Waals surface area contributed by atoms with Crippen LogP contribution >= 0.6 is 23.2 Å². The Balaban J connectivity index is 2.10. The van der Waals surface area contributed by atoms with E-state index in [1.165, 1.54) is 38.4 Å². The monoisotopic (exact) mass is 475 g/mol. The van der Waals surface area contributed by atoms with Crippen LogP contribution in [0.5, 0.6) is 0 Å². The number of hydrogen-bond acceptors (Lipinski definition) is 7. The Morgan fingerprint density at radius 1 is 1.13 bits per heavy atom. The fraction of sp³-hybridized carbons (Fsp3) is 0.176. The zero-order valence-corrected chi connectivity index (χ0v) is 17.9. The summed E-state index contributed by atoms with van der Waals surface area (Å²) in [5, 5.41) is 13.0. The number of rotatable bonds is 7. The molecule has 0 aliphatic heterocycles. The summed E-state index contributed by atoms with van der Waals surface area (Å²) in [4.78, 5) is 34.2. The van der Waals surface area contributed by atoms with Crippen LogP contribution in [0, 0.1) is 10.1 Å². The number of esters is 1. The van der Waals surface area contributed by atoms with Gasteiger partial charge < -0.3 is 10.1 Å². The predicted molar refractivity (Wildman–Crippen MR) is 109 cm³/mol. The Kier molecular flexibility index (Phi) is 7.37. The Morgan fingerprint density at radius 3 is 2.37 bits per heavy atom. The molecule has 0 spiro atoms. The van der Waals surface area contributed by atoms with E-state index >= 15 is 0 Å². The maximum Gasteiger partial charge on any atom is 0.340 e. The third kappa shape index (κ3) is 5.45. The van der Waals surface area contributed by atoms with Crippen LogP contribution in [-0.2, 0) is 19.6 Å². The number of nitro groups is 1. The molecular weight excluding hydrogens is 461 g/mol. The van der Waals surface area contributed by atoms with Crippen LogP contribution in [0.3, 0.4) is 0 Å². The Labute approximate surface area is 181 Å². The lowest BCUT2D eigenvalue weighted by atomic mass is 10.2. The second kappa shape index (κ2) is 9.39. The highest BCUT2D eigenvalue weighted by molar-refractivity contribution is 7.89. The normalized spacial score (nSPS) is 11.2. The van der Waals surface area contributed by atoms with Gasteiger partial charge in [0.05, 0.1) is 20.4 Å². The molecule has 160 valence electrons. The van der Waals surface area contributed by atoms with Gasteiger partial charge in [-0.15, -0.1) is 0 Å². The molecule has 0 aromatic heterocycles. The van der Waals surface area contributed by atoms with Crippen molar-refractivity contribution in [3.05, 3.63) is 62.1 Å². The maximum absolute atomic E-state index is 12.3. The third-order valence-electron chi connectivity index (χ3n) is 3.70. The van der Waals surface area contributed by atoms with Gasteiger partial charge in [-0.25, -0.2) is 17.5 Å². The lowest BCUT2D eigenvalue weighted by molar-refractivity contribution is -0.384. The van der Waals surface area contributed by atoms with Crippen LogP contribution < -0.4 is 5.32 Å². The van der Waals surface area contributed by atoms with Crippen molar-refractivity contribution in [1.29, 1.82) is 0 Å². The lowest BCUT2D eigenvalue weighted by Gasteiger charge is -2.13. The van der Waals surface area contributed by atoms with Gasteiger partial charge in [0.1, 0.15) is 5.02 Å². The molecule has 2 rings (SSSR count). The van der Waals surface area contributed by atoms with Crippen molar-refractivity contribution in [2.45, 2.75) is 4.90 Å². The standard InChI is InChI=1S/C17H15Cl2N3O7S/c1-21(2)30(27,28)11-4-6-13(18)12(8-11)17(24)29-9-16(23)20-10-3-5-14(19)15(7-10)22(25)26/h3-8H,9H2,1-2H3,(H,20,23). The van der Waals surface area contributed by atoms with Gasteiger partial charge in [-0.3, -0.25) is 14.9 Å². The number of carbonyl (C=O) groups excluding carboxylic acids is 2. The first-order chi connectivity index (χ1) is 13.9. The number of nitrogens with one attached hydrogen (secondary N) is 1. The fourth-order valence-corrected chi connectivity index (χ4v) is 3.48. The number of ether oxygens (including phenoxy) is 1. The van der Waals surface area contributed by atoms with E-state index in [1.807, 2.05) is 0 Å². The highest BCUT2D eigenvalue weighted by Crippen LogP contribution is 2.27. The number of carbonyl (C=O) groups is 2. The van der Waals surface area contributed by atoms with E-state index in [9.17, 15) is 28.1 Å². The zero-order chi connectivity index (χ0) is 22.6. The summed E-state index contributed by atoms with van der Waals surface area (Å²) in [6, 6.07) is 7.12. The molecule has 0 heterocycles. The number of amides is 1. The van der Waals surface area contributed by atoms with Crippen molar-refractivity contribution < 1.29 is 27.7 Å². The van der Waals surface area contributed by atoms with E-state index in [-0.39, 0.29) is 26.2 Å². The van der Waals surface area contributed by atoms with Crippen LogP contribution in [-0.4, -0.2) is 50.2 Å². The van der Waals surface area contributed by atoms with E-state index in [1.54, 1.807) is 0 Å². The summed E-state index contributed by atoms with van der Waals surface area (Å²) in [5.74, 6) is -1.80. The van der Waals surface area contributed by atoms with Crippen molar-refractivity contribution in [3.63, 3.8) is 0 Å². The molecule has 2 aromatic rings. The Bertz CT molecular complexity index is 1120. The number of nitrogens with zero attached hydrogens (tertiary/aromatic N) is 2. The maximum atomic E-state index is 12.3. The molecule has 2 aromatic carbocycles. The number of hydrogen-bond donors (Lipinski definition) is 1. The minimum absolute atomic E-state index is 0.0635. The minimum atomic E-state index is -3.81. The number of halogens is 2. The van der Waals surface area contributed by atoms with Gasteiger partial charge in [0, 0.05) is 25.8 Å². The molecule has 0 saturated heterocycles. The Morgan fingerprint density at radius 2 is 1.77 bits per heavy atom. The predicted octanol–water partition coefficient (Wildman–Crippen LogP) is 2.95. The topological polar surface area (TPSA) is 136 Å². The number of nitro benzene ring substituents is 1. The van der Waals surface area contributed by atoms with E-state index in [0.29, 0.717) is 0 Å². The SMILES string of the molecule is CN(C)S(=O)(=O)c1ccc(Cl)c(C(=O)OCC(=O)Nc2ccc(Cl)c([N+](=O)[O-])c2)c1. The zero-order valence-electron chi connectivity index (χ0n) is 15.6. The van der Waals surface area contributed by atoms with Crippen molar-refractivity contribution in [1.82, 2.24) is 4.31 Å². The largest absolute Gasteiger partial charge is 0.452 e. The molecule has 1 N–H and O–H groups in total. The molecule has 0 fully saturated rings. The molecule has 13 heteroatoms. The molecule has 10 nitrogen and oxygen atoms in total. The molecule has 0 saturated carbocycles. The van der Waals surface area contributed by atoms with Gasteiger partial charge in [0.15, 0.2) is 6.61 Å². The summed E-state index contributed by atoms with van der Waals surface area (Å²) in [5.41, 5.74) is -0.573. The molecule has 30 heavy (non-hydrogen) atoms. The van der Waals surface area contributed by atoms with Gasteiger partial charge in [-0.1, -0.05) is 23.2 Å². The smallest absolute Gasteiger partial charge is 0.340 e. The van der Waals surface area contributed by atoms with Crippen molar-refractivity contribution in [2.75, 3.05) is 26.0 Å². The van der Waals surface area contributed by atoms with Crippen LogP contribution in [0.15, 0.2) is 41.3 Å². The molecule has 0 unspecified atom stereocenters. The molecule has 0 aliphatic rings. The van der Waals surface area contributed by atoms with Gasteiger partial charge in [0.2, 0.25) is 10.0 Å². The second-order valence-corrected chi connectivity index (χ2v) is 8.94. The first-order valence-electron chi connectivity index (χ1n) is 8.06. The summed E-state index contributed by atoms with van der Waals surface area (Å²) in [6.07, 6.45) is 0. The van der Waals surface area contributed by atoms with Crippen LogP contribution in [0.4, 0.5) is 11.4 Å². The van der Waals surface area contributed by atoms with Crippen molar-refractivity contribution >= 4 is 56.5 Å². The van der Waals surface area contributed by atoms with Crippen LogP contribution in [0.25, 0.3) is 0 Å². The summed E-state index contributed by atoms with van der Waals surface area (Å²) >= 11 is 11.6. The van der Waals surface area contributed by atoms with E-state index < -0.39 is 39.1 Å². The van der Waals surface area contributed by atoms with Crippen molar-refractivity contribution in [2.24, 2.45) is 0 Å². The van der Waals surface area contributed by atoms with Crippen LogP contribution in [0.2, 0.25) is 10.0 Å². The van der Waals surface area contributed by atoms with Gasteiger partial charge in [-0.05, 0) is 30.3 Å². The lowest BCUT2D eigenvalue weighted by Crippen LogP contribution is -2.23. The number of sulfonamides is 1. The molecule has 0 atom stereocenters. The molecule has 1 amide bonds. The van der Waals surface area contributed by atoms with Crippen LogP contribution in [0.1, 0.15) is 10.4 Å². The highest BCUT2D eigenvalue weighted by Gasteiger charge is 2.22. The molecule has 0 bridgehead atoms. The van der Waals surface area contributed by atoms with Gasteiger partial charge in [-0.2, -0.15) is 0 Å². The highest BCUT2D eigenvalue weighted by atomic mass is 35.5. The quantitative estimate of drug-likeness (QED) is 0.369. The average Bonchev–Trinajstić information content (AvgIpc) is 2.67. The van der Waals surface area contributed by atoms with Crippen molar-refractivity contribution in [3.8, 4) is 0 Å². The second-order valence-electron chi connectivity index (χ2n) is 5.98. The molecular formula is C17H15Cl2N3O7S. The van der Waals surface area contributed by atoms with E-state index in [0.717, 1.165) is 16.4 Å². The number of benzene rings is 2. The molecule has 0 radical (unpaired) electrons. The van der Waals surface area contributed by atoms with E-state index in [4.69, 9.17) is 27.9 Å². The first-order valence-corrected chi connectivity index (χ1v) is 10.3. The van der Waals surface area contributed by atoms with Gasteiger partial charge in [0.25, 0.3) is 11.6 Å². The van der Waals surface area contributed by atoms with Gasteiger partial charge >= 0.3 is 5.97 Å². The summed E-state index contributed by atoms with van der Waals surface area (Å²) in [6.45, 7) is -0.740.